The molecule has 0 spiro atoms. The minimum atomic E-state index is -0.0144. The Labute approximate surface area is 119 Å². The van der Waals surface area contributed by atoms with Crippen LogP contribution >= 0.6 is 0 Å². The van der Waals surface area contributed by atoms with Gasteiger partial charge in [-0.05, 0) is 18.6 Å². The molecule has 1 aromatic heterocycles. The summed E-state index contributed by atoms with van der Waals surface area (Å²) in [7, 11) is 0. The SMILES string of the molecule is CCCN(CCN)C(=O)c1cnn(-c2ccccc2)c1. The molecule has 0 aliphatic rings. The minimum absolute atomic E-state index is 0.0144. The van der Waals surface area contributed by atoms with Crippen LogP contribution in [0.3, 0.4) is 0 Å². The molecule has 20 heavy (non-hydrogen) atoms. The van der Waals surface area contributed by atoms with Crippen LogP contribution in [0.25, 0.3) is 5.69 Å². The zero-order chi connectivity index (χ0) is 14.4. The van der Waals surface area contributed by atoms with Gasteiger partial charge in [0, 0.05) is 25.8 Å². The van der Waals surface area contributed by atoms with Crippen LogP contribution in [0.15, 0.2) is 42.7 Å². The van der Waals surface area contributed by atoms with Crippen LogP contribution in [0, 0.1) is 0 Å². The summed E-state index contributed by atoms with van der Waals surface area (Å²) in [6.07, 6.45) is 4.28. The van der Waals surface area contributed by atoms with Gasteiger partial charge < -0.3 is 10.6 Å². The van der Waals surface area contributed by atoms with Crippen molar-refractivity contribution in [3.05, 3.63) is 48.3 Å². The van der Waals surface area contributed by atoms with Crippen LogP contribution < -0.4 is 5.73 Å². The van der Waals surface area contributed by atoms with E-state index in [-0.39, 0.29) is 5.91 Å². The Morgan fingerprint density at radius 3 is 2.70 bits per heavy atom. The van der Waals surface area contributed by atoms with Crippen molar-refractivity contribution >= 4 is 5.91 Å². The summed E-state index contributed by atoms with van der Waals surface area (Å²) in [6.45, 7) is 3.80. The Morgan fingerprint density at radius 1 is 1.30 bits per heavy atom. The number of nitrogens with zero attached hydrogens (tertiary/aromatic N) is 3. The summed E-state index contributed by atoms with van der Waals surface area (Å²) < 4.78 is 1.71. The first kappa shape index (κ1) is 14.3. The number of aromatic nitrogens is 2. The summed E-state index contributed by atoms with van der Waals surface area (Å²) in [6, 6.07) is 9.73. The minimum Gasteiger partial charge on any atom is -0.337 e. The van der Waals surface area contributed by atoms with Crippen molar-refractivity contribution in [2.24, 2.45) is 5.73 Å². The van der Waals surface area contributed by atoms with Gasteiger partial charge in [-0.1, -0.05) is 25.1 Å². The number of rotatable bonds is 6. The molecule has 0 atom stereocenters. The molecule has 0 saturated carbocycles. The van der Waals surface area contributed by atoms with Gasteiger partial charge >= 0.3 is 0 Å². The van der Waals surface area contributed by atoms with E-state index >= 15 is 0 Å². The molecule has 5 nitrogen and oxygen atoms in total. The third kappa shape index (κ3) is 3.24. The van der Waals surface area contributed by atoms with Gasteiger partial charge in [-0.15, -0.1) is 0 Å². The number of carbonyl (C=O) groups excluding carboxylic acids is 1. The van der Waals surface area contributed by atoms with E-state index in [9.17, 15) is 4.79 Å². The van der Waals surface area contributed by atoms with E-state index in [1.54, 1.807) is 22.0 Å². The first-order valence-electron chi connectivity index (χ1n) is 6.85. The third-order valence-electron chi connectivity index (χ3n) is 3.03. The van der Waals surface area contributed by atoms with Crippen LogP contribution in [0.1, 0.15) is 23.7 Å². The molecule has 0 aliphatic heterocycles. The van der Waals surface area contributed by atoms with Crippen molar-refractivity contribution in [2.75, 3.05) is 19.6 Å². The Hall–Kier alpha value is -2.14. The number of amides is 1. The van der Waals surface area contributed by atoms with E-state index < -0.39 is 0 Å². The number of carbonyl (C=O) groups is 1. The number of hydrogen-bond acceptors (Lipinski definition) is 3. The van der Waals surface area contributed by atoms with Gasteiger partial charge in [-0.3, -0.25) is 4.79 Å². The summed E-state index contributed by atoms with van der Waals surface area (Å²) in [5.41, 5.74) is 7.09. The van der Waals surface area contributed by atoms with E-state index in [0.717, 1.165) is 12.1 Å². The first-order chi connectivity index (χ1) is 9.76. The highest BCUT2D eigenvalue weighted by molar-refractivity contribution is 5.93. The molecule has 1 amide bonds. The van der Waals surface area contributed by atoms with Crippen LogP contribution in [0.4, 0.5) is 0 Å². The monoisotopic (exact) mass is 272 g/mol. The van der Waals surface area contributed by atoms with Gasteiger partial charge in [0.15, 0.2) is 0 Å². The van der Waals surface area contributed by atoms with Crippen LogP contribution in [-0.2, 0) is 0 Å². The molecule has 2 N–H and O–H groups in total. The quantitative estimate of drug-likeness (QED) is 0.870. The van der Waals surface area contributed by atoms with E-state index in [1.165, 1.54) is 0 Å². The second-order valence-electron chi connectivity index (χ2n) is 4.59. The normalized spacial score (nSPS) is 10.5. The molecule has 2 aromatic rings. The molecule has 0 aliphatic carbocycles. The van der Waals surface area contributed by atoms with E-state index in [0.29, 0.717) is 25.2 Å². The number of hydrogen-bond donors (Lipinski definition) is 1. The first-order valence-corrected chi connectivity index (χ1v) is 6.85. The topological polar surface area (TPSA) is 64.2 Å². The zero-order valence-corrected chi connectivity index (χ0v) is 11.7. The molecule has 0 bridgehead atoms. The van der Waals surface area contributed by atoms with Gasteiger partial charge in [-0.2, -0.15) is 5.10 Å². The molecule has 0 radical (unpaired) electrons. The Morgan fingerprint density at radius 2 is 2.05 bits per heavy atom. The second-order valence-corrected chi connectivity index (χ2v) is 4.59. The maximum atomic E-state index is 12.4. The molecule has 2 rings (SSSR count). The summed E-state index contributed by atoms with van der Waals surface area (Å²) in [5, 5.41) is 4.25. The van der Waals surface area contributed by atoms with Gasteiger partial charge in [0.2, 0.25) is 0 Å². The van der Waals surface area contributed by atoms with Crippen molar-refractivity contribution in [3.63, 3.8) is 0 Å². The average molecular weight is 272 g/mol. The fourth-order valence-corrected chi connectivity index (χ4v) is 2.08. The summed E-state index contributed by atoms with van der Waals surface area (Å²) >= 11 is 0. The molecular formula is C15H20N4O. The van der Waals surface area contributed by atoms with Gasteiger partial charge in [0.25, 0.3) is 5.91 Å². The highest BCUT2D eigenvalue weighted by atomic mass is 16.2. The van der Waals surface area contributed by atoms with Crippen molar-refractivity contribution in [1.82, 2.24) is 14.7 Å². The molecular weight excluding hydrogens is 252 g/mol. The standard InChI is InChI=1S/C15H20N4O/c1-2-9-18(10-8-16)15(20)13-11-17-19(12-13)14-6-4-3-5-7-14/h3-7,11-12H,2,8-10,16H2,1H3. The van der Waals surface area contributed by atoms with Crippen molar-refractivity contribution in [3.8, 4) is 5.69 Å². The summed E-state index contributed by atoms with van der Waals surface area (Å²) in [4.78, 5) is 14.2. The lowest BCUT2D eigenvalue weighted by molar-refractivity contribution is 0.0760. The van der Waals surface area contributed by atoms with Gasteiger partial charge in [0.05, 0.1) is 17.4 Å². The van der Waals surface area contributed by atoms with Crippen molar-refractivity contribution < 1.29 is 4.79 Å². The summed E-state index contributed by atoms with van der Waals surface area (Å²) in [5.74, 6) is -0.0144. The smallest absolute Gasteiger partial charge is 0.257 e. The maximum Gasteiger partial charge on any atom is 0.257 e. The van der Waals surface area contributed by atoms with E-state index in [1.807, 2.05) is 37.3 Å². The largest absolute Gasteiger partial charge is 0.337 e. The molecule has 1 heterocycles. The molecule has 5 heteroatoms. The fraction of sp³-hybridized carbons (Fsp3) is 0.333. The van der Waals surface area contributed by atoms with Gasteiger partial charge in [0.1, 0.15) is 0 Å². The molecule has 0 saturated heterocycles. The predicted molar refractivity (Wildman–Crippen MR) is 78.8 cm³/mol. The number of nitrogens with two attached hydrogens (primary N) is 1. The lowest BCUT2D eigenvalue weighted by atomic mass is 10.3. The molecule has 0 unspecified atom stereocenters. The second kappa shape index (κ2) is 6.86. The average Bonchev–Trinajstić information content (AvgIpc) is 2.97. The van der Waals surface area contributed by atoms with Gasteiger partial charge in [-0.25, -0.2) is 4.68 Å². The van der Waals surface area contributed by atoms with E-state index in [4.69, 9.17) is 5.73 Å². The lowest BCUT2D eigenvalue weighted by Gasteiger charge is -2.20. The maximum absolute atomic E-state index is 12.4. The highest BCUT2D eigenvalue weighted by Crippen LogP contribution is 2.10. The molecule has 0 fully saturated rings. The lowest BCUT2D eigenvalue weighted by Crippen LogP contribution is -2.35. The Bertz CT molecular complexity index is 544. The number of benzene rings is 1. The Balaban J connectivity index is 2.17. The fourth-order valence-electron chi connectivity index (χ4n) is 2.08. The highest BCUT2D eigenvalue weighted by Gasteiger charge is 2.16. The van der Waals surface area contributed by atoms with Crippen molar-refractivity contribution in [1.29, 1.82) is 0 Å². The van der Waals surface area contributed by atoms with Crippen LogP contribution in [-0.4, -0.2) is 40.2 Å². The van der Waals surface area contributed by atoms with E-state index in [2.05, 4.69) is 5.10 Å². The van der Waals surface area contributed by atoms with Crippen LogP contribution in [0.2, 0.25) is 0 Å². The molecule has 106 valence electrons. The van der Waals surface area contributed by atoms with Crippen LogP contribution in [0.5, 0.6) is 0 Å². The van der Waals surface area contributed by atoms with Crippen molar-refractivity contribution in [2.45, 2.75) is 13.3 Å². The molecule has 1 aromatic carbocycles. The zero-order valence-electron chi connectivity index (χ0n) is 11.7. The third-order valence-corrected chi connectivity index (χ3v) is 3.03. The Kier molecular flexibility index (Phi) is 4.90. The predicted octanol–water partition coefficient (Wildman–Crippen LogP) is 1.68. The number of para-hydroxylation sites is 1.